The van der Waals surface area contributed by atoms with Crippen molar-refractivity contribution in [2.75, 3.05) is 5.32 Å². The van der Waals surface area contributed by atoms with Gasteiger partial charge in [0.2, 0.25) is 5.95 Å². The van der Waals surface area contributed by atoms with Crippen molar-refractivity contribution in [2.45, 2.75) is 31.5 Å². The van der Waals surface area contributed by atoms with E-state index < -0.39 is 0 Å². The first-order chi connectivity index (χ1) is 13.2. The maximum Gasteiger partial charge on any atom is 0.227 e. The van der Waals surface area contributed by atoms with E-state index in [1.807, 2.05) is 36.4 Å². The number of nitrogens with zero attached hydrogens (tertiary/aromatic N) is 2. The molecule has 1 atom stereocenters. The fourth-order valence-corrected chi connectivity index (χ4v) is 2.97. The molecule has 5 nitrogen and oxygen atoms in total. The average molecular weight is 363 g/mol. The van der Waals surface area contributed by atoms with Crippen molar-refractivity contribution in [3.05, 3.63) is 83.4 Å². The Bertz CT molecular complexity index is 908. The second-order valence-electron chi connectivity index (χ2n) is 6.76. The van der Waals surface area contributed by atoms with Crippen LogP contribution in [0.3, 0.4) is 0 Å². The molecule has 1 aliphatic rings. The molecule has 1 unspecified atom stereocenters. The first-order valence-corrected chi connectivity index (χ1v) is 9.12. The van der Waals surface area contributed by atoms with Crippen LogP contribution in [0.1, 0.15) is 35.7 Å². The van der Waals surface area contributed by atoms with Gasteiger partial charge in [0.05, 0.1) is 11.7 Å². The van der Waals surface area contributed by atoms with E-state index in [1.54, 1.807) is 18.3 Å². The van der Waals surface area contributed by atoms with Gasteiger partial charge in [-0.25, -0.2) is 14.4 Å². The molecule has 1 saturated carbocycles. The Kier molecular flexibility index (Phi) is 5.09. The van der Waals surface area contributed by atoms with Crippen LogP contribution in [0.25, 0.3) is 0 Å². The van der Waals surface area contributed by atoms with Gasteiger partial charge in [-0.15, -0.1) is 0 Å². The second kappa shape index (κ2) is 7.82. The first-order valence-electron chi connectivity index (χ1n) is 9.12. The van der Waals surface area contributed by atoms with Crippen molar-refractivity contribution in [1.29, 1.82) is 0 Å². The maximum absolute atomic E-state index is 13.7. The Morgan fingerprint density at radius 1 is 1.11 bits per heavy atom. The van der Waals surface area contributed by atoms with E-state index in [9.17, 15) is 4.39 Å². The van der Waals surface area contributed by atoms with Crippen molar-refractivity contribution in [1.82, 2.24) is 15.3 Å². The minimum absolute atomic E-state index is 0.170. The molecule has 0 amide bonds. The largest absolute Gasteiger partial charge is 0.326 e. The summed E-state index contributed by atoms with van der Waals surface area (Å²) in [5.41, 5.74) is 9.26. The van der Waals surface area contributed by atoms with E-state index in [0.717, 1.165) is 35.3 Å². The number of hydrogen-bond donors (Lipinski definition) is 3. The van der Waals surface area contributed by atoms with E-state index in [0.29, 0.717) is 18.5 Å². The second-order valence-corrected chi connectivity index (χ2v) is 6.76. The topological polar surface area (TPSA) is 75.9 Å². The van der Waals surface area contributed by atoms with Crippen molar-refractivity contribution in [3.63, 3.8) is 0 Å². The molecular weight excluding hydrogens is 341 g/mol. The van der Waals surface area contributed by atoms with Gasteiger partial charge >= 0.3 is 0 Å². The molecule has 1 heterocycles. The summed E-state index contributed by atoms with van der Waals surface area (Å²) in [7, 11) is 0. The molecule has 0 saturated heterocycles. The molecule has 1 fully saturated rings. The summed E-state index contributed by atoms with van der Waals surface area (Å²) in [4.78, 5) is 8.98. The number of halogens is 1. The SMILES string of the molecule is NCc1ccc(Nc2nccc(C(NC3CC3)c3cccc(F)c3)n2)cc1. The Hall–Kier alpha value is -2.83. The Morgan fingerprint density at radius 3 is 2.63 bits per heavy atom. The van der Waals surface area contributed by atoms with Crippen LogP contribution < -0.4 is 16.4 Å². The molecular formula is C21H22FN5. The molecule has 1 aromatic heterocycles. The van der Waals surface area contributed by atoms with Crippen LogP contribution in [-0.4, -0.2) is 16.0 Å². The number of anilines is 2. The third-order valence-electron chi connectivity index (χ3n) is 4.58. The molecule has 27 heavy (non-hydrogen) atoms. The average Bonchev–Trinajstić information content (AvgIpc) is 3.51. The van der Waals surface area contributed by atoms with E-state index >= 15 is 0 Å². The lowest BCUT2D eigenvalue weighted by atomic mass is 10.0. The van der Waals surface area contributed by atoms with Gasteiger partial charge in [-0.2, -0.15) is 0 Å². The highest BCUT2D eigenvalue weighted by Crippen LogP contribution is 2.28. The van der Waals surface area contributed by atoms with Gasteiger partial charge in [-0.3, -0.25) is 0 Å². The summed E-state index contributed by atoms with van der Waals surface area (Å²) in [5.74, 6) is 0.259. The van der Waals surface area contributed by atoms with E-state index in [1.165, 1.54) is 6.07 Å². The standard InChI is InChI=1S/C21H22FN5/c22-16-3-1-2-15(12-16)20(25-17-8-9-17)19-10-11-24-21(27-19)26-18-6-4-14(13-23)5-7-18/h1-7,10-12,17,20,25H,8-9,13,23H2,(H,24,26,27). The minimum atomic E-state index is -0.248. The fraction of sp³-hybridized carbons (Fsp3) is 0.238. The summed E-state index contributed by atoms with van der Waals surface area (Å²) in [6.45, 7) is 0.508. The van der Waals surface area contributed by atoms with Crippen LogP contribution in [0.2, 0.25) is 0 Å². The zero-order valence-corrected chi connectivity index (χ0v) is 14.9. The van der Waals surface area contributed by atoms with Gasteiger partial charge in [-0.1, -0.05) is 24.3 Å². The Labute approximate surface area is 157 Å². The van der Waals surface area contributed by atoms with Crippen LogP contribution in [0.4, 0.5) is 16.0 Å². The lowest BCUT2D eigenvalue weighted by molar-refractivity contribution is 0.576. The lowest BCUT2D eigenvalue weighted by Gasteiger charge is -2.19. The fourth-order valence-electron chi connectivity index (χ4n) is 2.97. The van der Waals surface area contributed by atoms with Gasteiger partial charge in [0.15, 0.2) is 0 Å². The molecule has 0 radical (unpaired) electrons. The predicted molar refractivity (Wildman–Crippen MR) is 104 cm³/mol. The van der Waals surface area contributed by atoms with Crippen molar-refractivity contribution in [2.24, 2.45) is 5.73 Å². The summed E-state index contributed by atoms with van der Waals surface area (Å²) in [5, 5.41) is 6.78. The third kappa shape index (κ3) is 4.48. The predicted octanol–water partition coefficient (Wildman–Crippen LogP) is 3.66. The summed E-state index contributed by atoms with van der Waals surface area (Å²) in [6, 6.07) is 16.6. The van der Waals surface area contributed by atoms with E-state index in [-0.39, 0.29) is 11.9 Å². The van der Waals surface area contributed by atoms with Crippen molar-refractivity contribution >= 4 is 11.6 Å². The molecule has 0 spiro atoms. The number of aromatic nitrogens is 2. The highest BCUT2D eigenvalue weighted by molar-refractivity contribution is 5.53. The normalized spacial score (nSPS) is 14.7. The third-order valence-corrected chi connectivity index (χ3v) is 4.58. The summed E-state index contributed by atoms with van der Waals surface area (Å²) >= 11 is 0. The first kappa shape index (κ1) is 17.6. The zero-order valence-electron chi connectivity index (χ0n) is 14.9. The molecule has 1 aliphatic carbocycles. The summed E-state index contributed by atoms with van der Waals surface area (Å²) in [6.07, 6.45) is 3.99. The van der Waals surface area contributed by atoms with E-state index in [4.69, 9.17) is 5.73 Å². The molecule has 2 aromatic carbocycles. The van der Waals surface area contributed by atoms with Crippen LogP contribution >= 0.6 is 0 Å². The van der Waals surface area contributed by atoms with Gasteiger partial charge in [-0.05, 0) is 54.3 Å². The van der Waals surface area contributed by atoms with Gasteiger partial charge < -0.3 is 16.4 Å². The van der Waals surface area contributed by atoms with Gasteiger partial charge in [0.25, 0.3) is 0 Å². The number of nitrogens with one attached hydrogen (secondary N) is 2. The molecule has 4 N–H and O–H groups in total. The molecule has 3 aromatic rings. The summed E-state index contributed by atoms with van der Waals surface area (Å²) < 4.78 is 13.7. The van der Waals surface area contributed by atoms with Crippen LogP contribution in [0, 0.1) is 5.82 Å². The van der Waals surface area contributed by atoms with Gasteiger partial charge in [0, 0.05) is 24.5 Å². The van der Waals surface area contributed by atoms with Crippen molar-refractivity contribution in [3.8, 4) is 0 Å². The smallest absolute Gasteiger partial charge is 0.227 e. The molecule has 6 heteroatoms. The van der Waals surface area contributed by atoms with Crippen LogP contribution in [0.5, 0.6) is 0 Å². The van der Waals surface area contributed by atoms with Crippen LogP contribution in [-0.2, 0) is 6.54 Å². The monoisotopic (exact) mass is 363 g/mol. The number of benzene rings is 2. The molecule has 0 bridgehead atoms. The highest BCUT2D eigenvalue weighted by Gasteiger charge is 2.27. The molecule has 138 valence electrons. The molecule has 4 rings (SSSR count). The molecule has 0 aliphatic heterocycles. The minimum Gasteiger partial charge on any atom is -0.326 e. The maximum atomic E-state index is 13.7. The Balaban J connectivity index is 1.59. The van der Waals surface area contributed by atoms with Crippen LogP contribution in [0.15, 0.2) is 60.8 Å². The lowest BCUT2D eigenvalue weighted by Crippen LogP contribution is -2.25. The van der Waals surface area contributed by atoms with E-state index in [2.05, 4.69) is 20.6 Å². The number of rotatable bonds is 7. The van der Waals surface area contributed by atoms with Gasteiger partial charge in [0.1, 0.15) is 5.82 Å². The number of nitrogens with two attached hydrogens (primary N) is 1. The number of hydrogen-bond acceptors (Lipinski definition) is 5. The Morgan fingerprint density at radius 2 is 1.93 bits per heavy atom. The highest BCUT2D eigenvalue weighted by atomic mass is 19.1. The zero-order chi connectivity index (χ0) is 18.6. The van der Waals surface area contributed by atoms with Crippen molar-refractivity contribution < 1.29 is 4.39 Å². The quantitative estimate of drug-likeness (QED) is 0.597.